The summed E-state index contributed by atoms with van der Waals surface area (Å²) in [7, 11) is 0. The van der Waals surface area contributed by atoms with Crippen molar-refractivity contribution in [3.63, 3.8) is 0 Å². The molecular weight excluding hydrogens is 423 g/mol. The lowest BCUT2D eigenvalue weighted by atomic mass is 9.97. The molecule has 0 radical (unpaired) electrons. The standard InChI is InChI=1S/C13H9ClF3IO3/c1-2-20-11(19)12(13(15,16)17)4-3-7-5-8(14)6-9(18)10(7)21-12/h3-6H,2H2,1H3. The second-order valence-electron chi connectivity index (χ2n) is 4.20. The molecular formula is C13H9ClF3IO3. The molecule has 1 aromatic carbocycles. The quantitative estimate of drug-likeness (QED) is 0.519. The van der Waals surface area contributed by atoms with Crippen LogP contribution >= 0.6 is 34.2 Å². The topological polar surface area (TPSA) is 35.5 Å². The van der Waals surface area contributed by atoms with Gasteiger partial charge in [-0.3, -0.25) is 0 Å². The van der Waals surface area contributed by atoms with Crippen LogP contribution in [-0.4, -0.2) is 24.4 Å². The summed E-state index contributed by atoms with van der Waals surface area (Å²) in [5.41, 5.74) is -2.76. The zero-order valence-corrected chi connectivity index (χ0v) is 13.5. The van der Waals surface area contributed by atoms with Gasteiger partial charge in [-0.2, -0.15) is 13.2 Å². The van der Waals surface area contributed by atoms with Gasteiger partial charge in [0.2, 0.25) is 0 Å². The minimum absolute atomic E-state index is 0.0483. The molecule has 0 spiro atoms. The molecule has 1 unspecified atom stereocenters. The van der Waals surface area contributed by atoms with Crippen LogP contribution < -0.4 is 4.74 Å². The van der Waals surface area contributed by atoms with E-state index in [4.69, 9.17) is 16.3 Å². The van der Waals surface area contributed by atoms with Gasteiger partial charge in [0, 0.05) is 10.6 Å². The molecule has 0 N–H and O–H groups in total. The maximum atomic E-state index is 13.4. The van der Waals surface area contributed by atoms with Gasteiger partial charge in [-0.1, -0.05) is 17.7 Å². The van der Waals surface area contributed by atoms with E-state index in [1.54, 1.807) is 22.6 Å². The maximum Gasteiger partial charge on any atom is 0.443 e. The molecule has 1 atom stereocenters. The highest BCUT2D eigenvalue weighted by Crippen LogP contribution is 2.44. The number of carbonyl (C=O) groups excluding carboxylic acids is 1. The van der Waals surface area contributed by atoms with Crippen LogP contribution in [0.5, 0.6) is 5.75 Å². The molecule has 21 heavy (non-hydrogen) atoms. The third-order valence-corrected chi connectivity index (χ3v) is 3.82. The fourth-order valence-corrected chi connectivity index (χ4v) is 3.00. The highest BCUT2D eigenvalue weighted by Gasteiger charge is 2.64. The summed E-state index contributed by atoms with van der Waals surface area (Å²) >= 11 is 7.64. The van der Waals surface area contributed by atoms with E-state index in [1.807, 2.05) is 0 Å². The second kappa shape index (κ2) is 5.68. The molecule has 1 aliphatic heterocycles. The van der Waals surface area contributed by atoms with Crippen LogP contribution in [0.2, 0.25) is 5.02 Å². The Morgan fingerprint density at radius 1 is 1.48 bits per heavy atom. The Bertz CT molecular complexity index is 615. The average Bonchev–Trinajstić information content (AvgIpc) is 2.37. The molecule has 0 saturated heterocycles. The first kappa shape index (κ1) is 16.4. The van der Waals surface area contributed by atoms with Gasteiger partial charge in [-0.15, -0.1) is 0 Å². The van der Waals surface area contributed by atoms with E-state index in [2.05, 4.69) is 4.74 Å². The number of hydrogen-bond donors (Lipinski definition) is 0. The molecule has 2 rings (SSSR count). The molecule has 3 nitrogen and oxygen atoms in total. The van der Waals surface area contributed by atoms with Gasteiger partial charge in [0.15, 0.2) is 0 Å². The van der Waals surface area contributed by atoms with E-state index >= 15 is 0 Å². The normalized spacial score (nSPS) is 20.7. The number of alkyl halides is 3. The Labute approximate surface area is 137 Å². The Morgan fingerprint density at radius 2 is 2.14 bits per heavy atom. The summed E-state index contributed by atoms with van der Waals surface area (Å²) in [5.74, 6) is -1.54. The summed E-state index contributed by atoms with van der Waals surface area (Å²) in [6.45, 7) is 1.24. The lowest BCUT2D eigenvalue weighted by Crippen LogP contribution is -2.57. The van der Waals surface area contributed by atoms with Crippen molar-refractivity contribution in [2.24, 2.45) is 0 Å². The van der Waals surface area contributed by atoms with Crippen LogP contribution in [-0.2, 0) is 9.53 Å². The number of esters is 1. The van der Waals surface area contributed by atoms with E-state index in [9.17, 15) is 18.0 Å². The molecule has 0 aliphatic carbocycles. The lowest BCUT2D eigenvalue weighted by Gasteiger charge is -2.34. The van der Waals surface area contributed by atoms with E-state index < -0.39 is 17.7 Å². The predicted octanol–water partition coefficient (Wildman–Crippen LogP) is 4.21. The number of carbonyl (C=O) groups is 1. The van der Waals surface area contributed by atoms with Crippen LogP contribution in [0.15, 0.2) is 18.2 Å². The van der Waals surface area contributed by atoms with E-state index in [1.165, 1.54) is 19.1 Å². The smallest absolute Gasteiger partial charge is 0.443 e. The van der Waals surface area contributed by atoms with Crippen molar-refractivity contribution < 1.29 is 27.4 Å². The number of ether oxygens (including phenoxy) is 2. The highest BCUT2D eigenvalue weighted by atomic mass is 127. The summed E-state index contributed by atoms with van der Waals surface area (Å²) in [4.78, 5) is 11.8. The third-order valence-electron chi connectivity index (χ3n) is 2.80. The SMILES string of the molecule is CCOC(=O)C1(C(F)(F)F)C=Cc2cc(Cl)cc(I)c2O1. The van der Waals surface area contributed by atoms with E-state index in [0.717, 1.165) is 6.08 Å². The van der Waals surface area contributed by atoms with Gasteiger partial charge in [0.1, 0.15) is 5.75 Å². The fraction of sp³-hybridized carbons (Fsp3) is 0.308. The zero-order valence-electron chi connectivity index (χ0n) is 10.6. The number of hydrogen-bond acceptors (Lipinski definition) is 3. The molecule has 1 heterocycles. The summed E-state index contributed by atoms with van der Waals surface area (Å²) < 4.78 is 50.0. The molecule has 8 heteroatoms. The van der Waals surface area contributed by atoms with Gasteiger partial charge in [-0.05, 0) is 47.7 Å². The van der Waals surface area contributed by atoms with Crippen LogP contribution in [0.1, 0.15) is 12.5 Å². The number of fused-ring (bicyclic) bond motifs is 1. The number of rotatable bonds is 2. The molecule has 114 valence electrons. The first-order valence-corrected chi connectivity index (χ1v) is 7.28. The van der Waals surface area contributed by atoms with E-state index in [-0.39, 0.29) is 12.4 Å². The molecule has 0 fully saturated rings. The minimum atomic E-state index is -4.95. The number of benzene rings is 1. The van der Waals surface area contributed by atoms with Crippen LogP contribution in [0.4, 0.5) is 13.2 Å². The first-order chi connectivity index (χ1) is 9.71. The van der Waals surface area contributed by atoms with Crippen molar-refractivity contribution >= 4 is 46.2 Å². The first-order valence-electron chi connectivity index (χ1n) is 5.82. The van der Waals surface area contributed by atoms with Gasteiger partial charge in [-0.25, -0.2) is 4.79 Å². The third kappa shape index (κ3) is 2.85. The van der Waals surface area contributed by atoms with Gasteiger partial charge >= 0.3 is 17.7 Å². The minimum Gasteiger partial charge on any atom is -0.463 e. The van der Waals surface area contributed by atoms with Crippen molar-refractivity contribution in [2.45, 2.75) is 18.7 Å². The van der Waals surface area contributed by atoms with Gasteiger partial charge < -0.3 is 9.47 Å². The summed E-state index contributed by atoms with van der Waals surface area (Å²) in [6.07, 6.45) is -3.13. The van der Waals surface area contributed by atoms with Crippen LogP contribution in [0.3, 0.4) is 0 Å². The molecule has 0 saturated carbocycles. The van der Waals surface area contributed by atoms with Crippen molar-refractivity contribution in [1.29, 1.82) is 0 Å². The van der Waals surface area contributed by atoms with Gasteiger partial charge in [0.05, 0.1) is 10.2 Å². The molecule has 0 bridgehead atoms. The zero-order chi connectivity index (χ0) is 15.8. The molecule has 0 aromatic heterocycles. The van der Waals surface area contributed by atoms with Crippen molar-refractivity contribution in [1.82, 2.24) is 0 Å². The monoisotopic (exact) mass is 432 g/mol. The Hall–Kier alpha value is -0.960. The summed E-state index contributed by atoms with van der Waals surface area (Å²) in [5, 5.41) is 0.363. The Kier molecular flexibility index (Phi) is 4.44. The molecule has 1 aromatic rings. The summed E-state index contributed by atoms with van der Waals surface area (Å²) in [6, 6.07) is 2.91. The second-order valence-corrected chi connectivity index (χ2v) is 5.79. The Morgan fingerprint density at radius 3 is 2.71 bits per heavy atom. The van der Waals surface area contributed by atoms with E-state index in [0.29, 0.717) is 20.2 Å². The highest BCUT2D eigenvalue weighted by molar-refractivity contribution is 14.1. The fourth-order valence-electron chi connectivity index (χ4n) is 1.83. The predicted molar refractivity (Wildman–Crippen MR) is 79.3 cm³/mol. The molecule has 0 amide bonds. The van der Waals surface area contributed by atoms with Gasteiger partial charge in [0.25, 0.3) is 0 Å². The maximum absolute atomic E-state index is 13.4. The van der Waals surface area contributed by atoms with Crippen LogP contribution in [0.25, 0.3) is 6.08 Å². The van der Waals surface area contributed by atoms with Crippen LogP contribution in [0, 0.1) is 3.57 Å². The average molecular weight is 433 g/mol. The number of halogens is 5. The van der Waals surface area contributed by atoms with Crippen molar-refractivity contribution in [3.05, 3.63) is 32.4 Å². The lowest BCUT2D eigenvalue weighted by molar-refractivity contribution is -0.238. The Balaban J connectivity index is 2.56. The van der Waals surface area contributed by atoms with Crippen molar-refractivity contribution in [2.75, 3.05) is 6.61 Å². The van der Waals surface area contributed by atoms with Crippen molar-refractivity contribution in [3.8, 4) is 5.75 Å². The molecule has 1 aliphatic rings. The largest absolute Gasteiger partial charge is 0.463 e.